The summed E-state index contributed by atoms with van der Waals surface area (Å²) in [5.41, 5.74) is 7.95. The van der Waals surface area contributed by atoms with Crippen LogP contribution in [0.1, 0.15) is 76.2 Å². The fourth-order valence-electron chi connectivity index (χ4n) is 4.20. The molecule has 1 aliphatic rings. The van der Waals surface area contributed by atoms with Gasteiger partial charge in [0.2, 0.25) is 11.7 Å². The molecule has 1 unspecified atom stereocenters. The Hall–Kier alpha value is -2.37. The zero-order chi connectivity index (χ0) is 21.2. The normalized spacial score (nSPS) is 16.3. The lowest BCUT2D eigenvalue weighted by Gasteiger charge is -2.14. The molecule has 1 fully saturated rings. The summed E-state index contributed by atoms with van der Waals surface area (Å²) in [4.78, 5) is 6.48. The van der Waals surface area contributed by atoms with Gasteiger partial charge >= 0.3 is 0 Å². The number of nitrogens with two attached hydrogens (primary N) is 1. The van der Waals surface area contributed by atoms with Gasteiger partial charge in [-0.2, -0.15) is 4.98 Å². The summed E-state index contributed by atoms with van der Waals surface area (Å²) in [6.45, 7) is 3.89. The summed E-state index contributed by atoms with van der Waals surface area (Å²) in [5.74, 6) is 1.89. The Balaban J connectivity index is 1.39. The molecular formula is C24H37N5O. The van der Waals surface area contributed by atoms with Crippen LogP contribution in [0.25, 0.3) is 11.4 Å². The first-order valence-electron chi connectivity index (χ1n) is 11.7. The first kappa shape index (κ1) is 22.3. The number of nitrogens with zero attached hydrogens (tertiary/aromatic N) is 3. The number of aromatic nitrogens is 2. The van der Waals surface area contributed by atoms with E-state index in [9.17, 15) is 0 Å². The van der Waals surface area contributed by atoms with Crippen LogP contribution in [-0.4, -0.2) is 34.1 Å². The maximum absolute atomic E-state index is 7.54. The molecule has 2 heterocycles. The highest BCUT2D eigenvalue weighted by Crippen LogP contribution is 2.22. The Morgan fingerprint density at radius 3 is 2.47 bits per heavy atom. The second-order valence-electron chi connectivity index (χ2n) is 8.62. The van der Waals surface area contributed by atoms with Crippen molar-refractivity contribution in [2.75, 3.05) is 13.1 Å². The predicted molar refractivity (Wildman–Crippen MR) is 121 cm³/mol. The summed E-state index contributed by atoms with van der Waals surface area (Å²) in [7, 11) is 0. The third kappa shape index (κ3) is 6.85. The maximum atomic E-state index is 7.54. The molecule has 0 amide bonds. The van der Waals surface area contributed by atoms with Crippen molar-refractivity contribution >= 4 is 5.96 Å². The third-order valence-electron chi connectivity index (χ3n) is 6.09. The Morgan fingerprint density at radius 2 is 1.80 bits per heavy atom. The molecule has 1 saturated heterocycles. The van der Waals surface area contributed by atoms with Gasteiger partial charge in [-0.1, -0.05) is 81.3 Å². The van der Waals surface area contributed by atoms with Crippen molar-refractivity contribution in [3.05, 3.63) is 35.7 Å². The Bertz CT molecular complexity index is 770. The standard InChI is InChI=1S/C24H37N5O/c1-2-3-4-5-6-7-8-9-10-19-11-13-21(14-12-19)23-27-22(30-28-23)17-20-15-16-29(18-20)24(25)26/h11-14,20H,2-10,15-18H2,1H3,(H3,25,26). The number of hydrogen-bond donors (Lipinski definition) is 2. The lowest BCUT2D eigenvalue weighted by molar-refractivity contribution is 0.353. The molecule has 2 aromatic rings. The first-order valence-corrected chi connectivity index (χ1v) is 11.7. The van der Waals surface area contributed by atoms with Gasteiger partial charge in [0.15, 0.2) is 5.96 Å². The summed E-state index contributed by atoms with van der Waals surface area (Å²) < 4.78 is 5.47. The van der Waals surface area contributed by atoms with Crippen LogP contribution in [0.2, 0.25) is 0 Å². The SMILES string of the molecule is CCCCCCCCCCc1ccc(-c2noc(CC3CCN(C(=N)N)C3)n2)cc1. The highest BCUT2D eigenvalue weighted by atomic mass is 16.5. The minimum Gasteiger partial charge on any atom is -0.370 e. The average molecular weight is 412 g/mol. The van der Waals surface area contributed by atoms with Crippen molar-refractivity contribution in [2.45, 2.75) is 77.6 Å². The van der Waals surface area contributed by atoms with Crippen LogP contribution in [0.5, 0.6) is 0 Å². The monoisotopic (exact) mass is 411 g/mol. The molecule has 0 radical (unpaired) electrons. The van der Waals surface area contributed by atoms with Crippen LogP contribution in [-0.2, 0) is 12.8 Å². The highest BCUT2D eigenvalue weighted by molar-refractivity contribution is 5.74. The van der Waals surface area contributed by atoms with Crippen molar-refractivity contribution in [1.82, 2.24) is 15.0 Å². The molecule has 0 bridgehead atoms. The van der Waals surface area contributed by atoms with Crippen LogP contribution in [0, 0.1) is 11.3 Å². The van der Waals surface area contributed by atoms with Gasteiger partial charge in [-0.3, -0.25) is 5.41 Å². The van der Waals surface area contributed by atoms with Gasteiger partial charge in [0.1, 0.15) is 0 Å². The fraction of sp³-hybridized carbons (Fsp3) is 0.625. The first-order chi connectivity index (χ1) is 14.7. The number of likely N-dealkylation sites (tertiary alicyclic amines) is 1. The Labute approximate surface area is 180 Å². The molecule has 6 heteroatoms. The van der Waals surface area contributed by atoms with Crippen LogP contribution in [0.3, 0.4) is 0 Å². The Kier molecular flexibility index (Phi) is 8.72. The molecule has 0 aliphatic carbocycles. The van der Waals surface area contributed by atoms with Crippen LogP contribution in [0.4, 0.5) is 0 Å². The lowest BCUT2D eigenvalue weighted by atomic mass is 10.0. The second kappa shape index (κ2) is 11.7. The van der Waals surface area contributed by atoms with E-state index in [1.807, 2.05) is 4.90 Å². The van der Waals surface area contributed by atoms with E-state index < -0.39 is 0 Å². The summed E-state index contributed by atoms with van der Waals surface area (Å²) in [6.07, 6.45) is 13.7. The van der Waals surface area contributed by atoms with Gasteiger partial charge in [0.25, 0.3) is 0 Å². The number of rotatable bonds is 12. The van der Waals surface area contributed by atoms with Gasteiger partial charge in [-0.25, -0.2) is 0 Å². The lowest BCUT2D eigenvalue weighted by Crippen LogP contribution is -2.34. The van der Waals surface area contributed by atoms with Gasteiger partial charge in [-0.05, 0) is 30.7 Å². The fourth-order valence-corrected chi connectivity index (χ4v) is 4.20. The number of guanidine groups is 1. The maximum Gasteiger partial charge on any atom is 0.227 e. The van der Waals surface area contributed by atoms with E-state index in [0.717, 1.165) is 37.9 Å². The molecule has 30 heavy (non-hydrogen) atoms. The number of nitrogens with one attached hydrogen (secondary N) is 1. The van der Waals surface area contributed by atoms with E-state index in [2.05, 4.69) is 41.3 Å². The highest BCUT2D eigenvalue weighted by Gasteiger charge is 2.25. The van der Waals surface area contributed by atoms with Gasteiger partial charge in [-0.15, -0.1) is 0 Å². The van der Waals surface area contributed by atoms with Gasteiger partial charge < -0.3 is 15.2 Å². The minimum absolute atomic E-state index is 0.149. The second-order valence-corrected chi connectivity index (χ2v) is 8.62. The van der Waals surface area contributed by atoms with Crippen LogP contribution >= 0.6 is 0 Å². The average Bonchev–Trinajstić information content (AvgIpc) is 3.41. The van der Waals surface area contributed by atoms with Crippen LogP contribution < -0.4 is 5.73 Å². The number of unbranched alkanes of at least 4 members (excludes halogenated alkanes) is 7. The largest absolute Gasteiger partial charge is 0.370 e. The summed E-state index contributed by atoms with van der Waals surface area (Å²) in [6, 6.07) is 8.58. The smallest absolute Gasteiger partial charge is 0.227 e. The van der Waals surface area contributed by atoms with Crippen molar-refractivity contribution in [1.29, 1.82) is 5.41 Å². The molecule has 1 aromatic carbocycles. The number of hydrogen-bond acceptors (Lipinski definition) is 4. The van der Waals surface area contributed by atoms with E-state index in [-0.39, 0.29) is 5.96 Å². The Morgan fingerprint density at radius 1 is 1.10 bits per heavy atom. The van der Waals surface area contributed by atoms with Gasteiger partial charge in [0.05, 0.1) is 0 Å². The van der Waals surface area contributed by atoms with Crippen molar-refractivity contribution in [3.63, 3.8) is 0 Å². The van der Waals surface area contributed by atoms with E-state index >= 15 is 0 Å². The molecule has 1 aliphatic heterocycles. The molecule has 6 nitrogen and oxygen atoms in total. The van der Waals surface area contributed by atoms with E-state index in [1.54, 1.807) is 0 Å². The number of aryl methyl sites for hydroxylation is 1. The zero-order valence-electron chi connectivity index (χ0n) is 18.4. The molecule has 0 saturated carbocycles. The zero-order valence-corrected chi connectivity index (χ0v) is 18.4. The van der Waals surface area contributed by atoms with Crippen molar-refractivity contribution < 1.29 is 4.52 Å². The quantitative estimate of drug-likeness (QED) is 0.285. The predicted octanol–water partition coefficient (Wildman–Crippen LogP) is 5.18. The number of benzene rings is 1. The summed E-state index contributed by atoms with van der Waals surface area (Å²) in [5, 5.41) is 11.7. The van der Waals surface area contributed by atoms with Crippen molar-refractivity contribution in [2.24, 2.45) is 11.7 Å². The van der Waals surface area contributed by atoms with Gasteiger partial charge in [0, 0.05) is 25.1 Å². The molecular weight excluding hydrogens is 374 g/mol. The summed E-state index contributed by atoms with van der Waals surface area (Å²) >= 11 is 0. The van der Waals surface area contributed by atoms with Crippen LogP contribution in [0.15, 0.2) is 28.8 Å². The van der Waals surface area contributed by atoms with E-state index in [1.165, 1.54) is 56.9 Å². The topological polar surface area (TPSA) is 92.0 Å². The molecule has 1 aromatic heterocycles. The third-order valence-corrected chi connectivity index (χ3v) is 6.09. The van der Waals surface area contributed by atoms with Crippen molar-refractivity contribution in [3.8, 4) is 11.4 Å². The molecule has 3 rings (SSSR count). The molecule has 1 atom stereocenters. The molecule has 164 valence electrons. The molecule has 3 N–H and O–H groups in total. The van der Waals surface area contributed by atoms with E-state index in [4.69, 9.17) is 15.7 Å². The van der Waals surface area contributed by atoms with E-state index in [0.29, 0.717) is 17.6 Å². The molecule has 0 spiro atoms. The minimum atomic E-state index is 0.149.